The molecule has 4 rings (SSSR count). The predicted octanol–water partition coefficient (Wildman–Crippen LogP) is 1.42. The van der Waals surface area contributed by atoms with Crippen molar-refractivity contribution >= 4 is 10.0 Å². The van der Waals surface area contributed by atoms with Crippen LogP contribution >= 0.6 is 0 Å². The third kappa shape index (κ3) is 3.05. The van der Waals surface area contributed by atoms with Crippen LogP contribution in [0.5, 0.6) is 0 Å². The average Bonchev–Trinajstić information content (AvgIpc) is 3.34. The largest absolute Gasteiger partial charge is 0.339 e. The summed E-state index contributed by atoms with van der Waals surface area (Å²) in [7, 11) is -3.52. The molecule has 1 atom stereocenters. The summed E-state index contributed by atoms with van der Waals surface area (Å²) in [6, 6.07) is 8.44. The summed E-state index contributed by atoms with van der Waals surface area (Å²) in [6.45, 7) is 0.798. The third-order valence-electron chi connectivity index (χ3n) is 4.18. The lowest BCUT2D eigenvalue weighted by Crippen LogP contribution is -2.39. The molecular weight excluding hydrogens is 344 g/mol. The van der Waals surface area contributed by atoms with Crippen LogP contribution in [0.4, 0.5) is 0 Å². The molecule has 130 valence electrons. The summed E-state index contributed by atoms with van der Waals surface area (Å²) in [4.78, 5) is 8.61. The lowest BCUT2D eigenvalue weighted by atomic mass is 10.00. The first-order chi connectivity index (χ1) is 12.1. The van der Waals surface area contributed by atoms with E-state index in [-0.39, 0.29) is 5.92 Å². The lowest BCUT2D eigenvalue weighted by molar-refractivity contribution is 0.265. The summed E-state index contributed by atoms with van der Waals surface area (Å²) >= 11 is 0. The second-order valence-electron chi connectivity index (χ2n) is 5.81. The van der Waals surface area contributed by atoms with Gasteiger partial charge in [0.15, 0.2) is 5.82 Å². The van der Waals surface area contributed by atoms with E-state index in [2.05, 4.69) is 25.3 Å². The number of hydrogen-bond acceptors (Lipinski definition) is 7. The van der Waals surface area contributed by atoms with E-state index in [4.69, 9.17) is 4.52 Å². The summed E-state index contributed by atoms with van der Waals surface area (Å²) in [5.41, 5.74) is 0. The molecule has 3 aromatic rings. The van der Waals surface area contributed by atoms with Crippen molar-refractivity contribution in [3.63, 3.8) is 0 Å². The van der Waals surface area contributed by atoms with Gasteiger partial charge in [-0.15, -0.1) is 0 Å². The van der Waals surface area contributed by atoms with Crippen molar-refractivity contribution in [2.24, 2.45) is 0 Å². The smallest absolute Gasteiger partial charge is 0.243 e. The third-order valence-corrected chi connectivity index (χ3v) is 6.06. The molecule has 1 aliphatic rings. The molecule has 25 heavy (non-hydrogen) atoms. The summed E-state index contributed by atoms with van der Waals surface area (Å²) in [5, 5.41) is 10.3. The maximum absolute atomic E-state index is 12.8. The van der Waals surface area contributed by atoms with Gasteiger partial charge in [0.25, 0.3) is 0 Å². The van der Waals surface area contributed by atoms with Gasteiger partial charge < -0.3 is 4.52 Å². The first kappa shape index (κ1) is 15.9. The van der Waals surface area contributed by atoms with E-state index >= 15 is 0 Å². The van der Waals surface area contributed by atoms with Gasteiger partial charge in [0.05, 0.1) is 10.8 Å². The molecule has 10 heteroatoms. The minimum Gasteiger partial charge on any atom is -0.339 e. The van der Waals surface area contributed by atoms with Crippen LogP contribution in [0.25, 0.3) is 11.6 Å². The van der Waals surface area contributed by atoms with Gasteiger partial charge in [-0.05, 0) is 25.0 Å². The Kier molecular flexibility index (Phi) is 4.06. The Morgan fingerprint density at radius 2 is 2.08 bits per heavy atom. The zero-order valence-electron chi connectivity index (χ0n) is 13.2. The van der Waals surface area contributed by atoms with Crippen LogP contribution in [0.2, 0.25) is 0 Å². The maximum Gasteiger partial charge on any atom is 0.243 e. The highest BCUT2D eigenvalue weighted by atomic mass is 32.2. The second-order valence-corrected chi connectivity index (χ2v) is 7.74. The first-order valence-electron chi connectivity index (χ1n) is 7.89. The molecule has 1 fully saturated rings. The van der Waals surface area contributed by atoms with Gasteiger partial charge >= 0.3 is 0 Å². The van der Waals surface area contributed by atoms with E-state index in [0.717, 1.165) is 12.8 Å². The number of H-pyrrole nitrogens is 1. The van der Waals surface area contributed by atoms with E-state index in [0.29, 0.717) is 35.5 Å². The van der Waals surface area contributed by atoms with Gasteiger partial charge in [-0.2, -0.15) is 14.4 Å². The standard InChI is InChI=1S/C15H16N6O3S/c22-25(23,12-6-2-1-3-7-12)21-8-4-5-11(9-21)15-18-14(20-24-15)13-16-10-17-19-13/h1-3,6-7,10-11H,4-5,8-9H2,(H,16,17,19). The molecule has 0 spiro atoms. The molecule has 0 radical (unpaired) electrons. The topological polar surface area (TPSA) is 118 Å². The van der Waals surface area contributed by atoms with Gasteiger partial charge in [-0.1, -0.05) is 23.4 Å². The van der Waals surface area contributed by atoms with E-state index in [1.165, 1.54) is 10.6 Å². The molecule has 2 aromatic heterocycles. The van der Waals surface area contributed by atoms with E-state index in [1.54, 1.807) is 30.3 Å². The fourth-order valence-corrected chi connectivity index (χ4v) is 4.46. The number of nitrogens with one attached hydrogen (secondary N) is 1. The fraction of sp³-hybridized carbons (Fsp3) is 0.333. The van der Waals surface area contributed by atoms with E-state index < -0.39 is 10.0 Å². The van der Waals surface area contributed by atoms with Crippen molar-refractivity contribution < 1.29 is 12.9 Å². The molecule has 0 bridgehead atoms. The Bertz CT molecular complexity index is 939. The molecule has 9 nitrogen and oxygen atoms in total. The molecule has 1 unspecified atom stereocenters. The Balaban J connectivity index is 1.55. The molecule has 3 heterocycles. The van der Waals surface area contributed by atoms with E-state index in [9.17, 15) is 8.42 Å². The van der Waals surface area contributed by atoms with Gasteiger partial charge in [-0.3, -0.25) is 5.10 Å². The van der Waals surface area contributed by atoms with Crippen LogP contribution in [0.15, 0.2) is 46.1 Å². The molecule has 1 saturated heterocycles. The van der Waals surface area contributed by atoms with Gasteiger partial charge in [0, 0.05) is 13.1 Å². The van der Waals surface area contributed by atoms with E-state index in [1.807, 2.05) is 0 Å². The predicted molar refractivity (Wildman–Crippen MR) is 86.9 cm³/mol. The SMILES string of the molecule is O=S(=O)(c1ccccc1)N1CCCC(c2nc(-c3ncn[nH]3)no2)C1. The van der Waals surface area contributed by atoms with Crippen molar-refractivity contribution in [3.05, 3.63) is 42.5 Å². The van der Waals surface area contributed by atoms with Crippen molar-refractivity contribution in [2.75, 3.05) is 13.1 Å². The molecule has 1 aliphatic heterocycles. The molecule has 0 saturated carbocycles. The van der Waals surface area contributed by atoms with Crippen LogP contribution in [-0.2, 0) is 10.0 Å². The minimum absolute atomic E-state index is 0.142. The number of aromatic amines is 1. The quantitative estimate of drug-likeness (QED) is 0.747. The van der Waals surface area contributed by atoms with Crippen LogP contribution < -0.4 is 0 Å². The van der Waals surface area contributed by atoms with Crippen LogP contribution in [0, 0.1) is 0 Å². The molecular formula is C15H16N6O3S. The Hall–Kier alpha value is -2.59. The normalized spacial score (nSPS) is 19.1. The van der Waals surface area contributed by atoms with Crippen molar-refractivity contribution in [2.45, 2.75) is 23.7 Å². The van der Waals surface area contributed by atoms with Gasteiger partial charge in [0.1, 0.15) is 6.33 Å². The van der Waals surface area contributed by atoms with Crippen LogP contribution in [-0.4, -0.2) is 51.1 Å². The van der Waals surface area contributed by atoms with Crippen molar-refractivity contribution in [1.29, 1.82) is 0 Å². The Morgan fingerprint density at radius 1 is 1.24 bits per heavy atom. The van der Waals surface area contributed by atoms with Gasteiger partial charge in [-0.25, -0.2) is 13.4 Å². The monoisotopic (exact) mass is 360 g/mol. The molecule has 1 N–H and O–H groups in total. The number of hydrogen-bond donors (Lipinski definition) is 1. The number of aromatic nitrogens is 5. The van der Waals surface area contributed by atoms with Gasteiger partial charge in [0.2, 0.25) is 21.7 Å². The number of rotatable bonds is 4. The number of sulfonamides is 1. The van der Waals surface area contributed by atoms with Crippen LogP contribution in [0.1, 0.15) is 24.7 Å². The Morgan fingerprint density at radius 3 is 2.84 bits per heavy atom. The summed E-state index contributed by atoms with van der Waals surface area (Å²) in [6.07, 6.45) is 2.88. The highest BCUT2D eigenvalue weighted by Crippen LogP contribution is 2.30. The van der Waals surface area contributed by atoms with Crippen LogP contribution in [0.3, 0.4) is 0 Å². The minimum atomic E-state index is -3.52. The fourth-order valence-electron chi connectivity index (χ4n) is 2.91. The number of nitrogens with zero attached hydrogens (tertiary/aromatic N) is 5. The maximum atomic E-state index is 12.8. The highest BCUT2D eigenvalue weighted by molar-refractivity contribution is 7.89. The zero-order chi connectivity index (χ0) is 17.3. The number of piperidine rings is 1. The zero-order valence-corrected chi connectivity index (χ0v) is 14.1. The second kappa shape index (κ2) is 6.37. The summed E-state index contributed by atoms with van der Waals surface area (Å²) in [5.74, 6) is 1.01. The molecule has 0 amide bonds. The average molecular weight is 360 g/mol. The molecule has 1 aromatic carbocycles. The molecule has 0 aliphatic carbocycles. The number of benzene rings is 1. The Labute approximate surface area is 144 Å². The highest BCUT2D eigenvalue weighted by Gasteiger charge is 2.33. The summed E-state index contributed by atoms with van der Waals surface area (Å²) < 4.78 is 32.4. The van der Waals surface area contributed by atoms with Crippen molar-refractivity contribution in [1.82, 2.24) is 29.6 Å². The first-order valence-corrected chi connectivity index (χ1v) is 9.33. The lowest BCUT2D eigenvalue weighted by Gasteiger charge is -2.30. The van der Waals surface area contributed by atoms with Crippen molar-refractivity contribution in [3.8, 4) is 11.6 Å².